The summed E-state index contributed by atoms with van der Waals surface area (Å²) in [7, 11) is 1.69. The molecule has 0 aliphatic carbocycles. The number of carbonyl (C=O) groups is 1. The van der Waals surface area contributed by atoms with Gasteiger partial charge in [0.25, 0.3) is 5.91 Å². The van der Waals surface area contributed by atoms with Crippen molar-refractivity contribution in [1.29, 1.82) is 0 Å². The van der Waals surface area contributed by atoms with Gasteiger partial charge in [0.2, 0.25) is 0 Å². The topological polar surface area (TPSA) is 47.4 Å². The van der Waals surface area contributed by atoms with Crippen LogP contribution in [-0.2, 0) is 17.8 Å². The first-order valence-corrected chi connectivity index (χ1v) is 8.85. The molecule has 0 aliphatic heterocycles. The minimum atomic E-state index is 0.0476. The standard InChI is InChI=1S/C20H29N3O2/c1-6-23-17(4)19(16(3)21-23)20(24)22(12-7-13-25-5)14-18-10-8-15(2)9-11-18/h8-11H,6-7,12-14H2,1-5H3. The van der Waals surface area contributed by atoms with Gasteiger partial charge in [-0.3, -0.25) is 9.48 Å². The van der Waals surface area contributed by atoms with Crippen LogP contribution in [0.1, 0.15) is 46.2 Å². The normalized spacial score (nSPS) is 10.9. The van der Waals surface area contributed by atoms with Crippen LogP contribution in [0.2, 0.25) is 0 Å². The fraction of sp³-hybridized carbons (Fsp3) is 0.500. The minimum absolute atomic E-state index is 0.0476. The molecule has 0 bridgehead atoms. The Labute approximate surface area is 150 Å². The van der Waals surface area contributed by atoms with Crippen molar-refractivity contribution in [2.45, 2.75) is 47.2 Å². The number of benzene rings is 1. The summed E-state index contributed by atoms with van der Waals surface area (Å²) >= 11 is 0. The van der Waals surface area contributed by atoms with Crippen LogP contribution in [0.25, 0.3) is 0 Å². The van der Waals surface area contributed by atoms with E-state index in [2.05, 4.69) is 36.3 Å². The lowest BCUT2D eigenvalue weighted by Gasteiger charge is -2.23. The zero-order valence-corrected chi connectivity index (χ0v) is 16.0. The molecule has 0 unspecified atom stereocenters. The van der Waals surface area contributed by atoms with Crippen LogP contribution >= 0.6 is 0 Å². The van der Waals surface area contributed by atoms with E-state index in [9.17, 15) is 4.79 Å². The molecule has 0 aliphatic rings. The molecule has 0 saturated carbocycles. The van der Waals surface area contributed by atoms with Crippen molar-refractivity contribution < 1.29 is 9.53 Å². The van der Waals surface area contributed by atoms with Gasteiger partial charge in [0.05, 0.1) is 11.3 Å². The van der Waals surface area contributed by atoms with Crippen LogP contribution in [0.15, 0.2) is 24.3 Å². The summed E-state index contributed by atoms with van der Waals surface area (Å²) in [4.78, 5) is 15.1. The van der Waals surface area contributed by atoms with Gasteiger partial charge >= 0.3 is 0 Å². The Morgan fingerprint density at radius 2 is 1.88 bits per heavy atom. The molecule has 25 heavy (non-hydrogen) atoms. The van der Waals surface area contributed by atoms with E-state index in [1.54, 1.807) is 7.11 Å². The molecular weight excluding hydrogens is 314 g/mol. The number of ether oxygens (including phenoxy) is 1. The van der Waals surface area contributed by atoms with Crippen molar-refractivity contribution in [1.82, 2.24) is 14.7 Å². The molecule has 0 spiro atoms. The van der Waals surface area contributed by atoms with Crippen molar-refractivity contribution in [3.8, 4) is 0 Å². The maximum absolute atomic E-state index is 13.2. The molecular formula is C20H29N3O2. The predicted octanol–water partition coefficient (Wildman–Crippen LogP) is 3.51. The summed E-state index contributed by atoms with van der Waals surface area (Å²) in [6, 6.07) is 8.33. The number of rotatable bonds is 8. The Bertz CT molecular complexity index is 704. The zero-order chi connectivity index (χ0) is 18.4. The monoisotopic (exact) mass is 343 g/mol. The molecule has 0 radical (unpaired) electrons. The third kappa shape index (κ3) is 4.69. The van der Waals surface area contributed by atoms with Crippen LogP contribution in [0.4, 0.5) is 0 Å². The second-order valence-corrected chi connectivity index (χ2v) is 6.42. The zero-order valence-electron chi connectivity index (χ0n) is 16.0. The van der Waals surface area contributed by atoms with Crippen LogP contribution in [0.5, 0.6) is 0 Å². The average Bonchev–Trinajstić information content (AvgIpc) is 2.89. The third-order valence-electron chi connectivity index (χ3n) is 4.45. The smallest absolute Gasteiger partial charge is 0.257 e. The van der Waals surface area contributed by atoms with E-state index in [0.717, 1.165) is 35.5 Å². The van der Waals surface area contributed by atoms with Gasteiger partial charge < -0.3 is 9.64 Å². The number of amides is 1. The lowest BCUT2D eigenvalue weighted by Crippen LogP contribution is -2.32. The summed E-state index contributed by atoms with van der Waals surface area (Å²) in [6.07, 6.45) is 0.814. The molecule has 2 aromatic rings. The maximum Gasteiger partial charge on any atom is 0.257 e. The fourth-order valence-corrected chi connectivity index (χ4v) is 3.04. The highest BCUT2D eigenvalue weighted by Gasteiger charge is 2.23. The van der Waals surface area contributed by atoms with E-state index in [1.807, 2.05) is 30.4 Å². The van der Waals surface area contributed by atoms with Gasteiger partial charge in [-0.1, -0.05) is 29.8 Å². The number of aryl methyl sites for hydroxylation is 3. The van der Waals surface area contributed by atoms with E-state index in [0.29, 0.717) is 19.7 Å². The molecule has 1 heterocycles. The Morgan fingerprint density at radius 3 is 2.44 bits per heavy atom. The largest absolute Gasteiger partial charge is 0.385 e. The molecule has 0 atom stereocenters. The fourth-order valence-electron chi connectivity index (χ4n) is 3.04. The summed E-state index contributed by atoms with van der Waals surface area (Å²) in [5, 5.41) is 4.49. The Kier molecular flexibility index (Phi) is 6.76. The highest BCUT2D eigenvalue weighted by atomic mass is 16.5. The average molecular weight is 343 g/mol. The van der Waals surface area contributed by atoms with E-state index < -0.39 is 0 Å². The number of carbonyl (C=O) groups excluding carboxylic acids is 1. The molecule has 0 N–H and O–H groups in total. The van der Waals surface area contributed by atoms with Crippen molar-refractivity contribution in [3.63, 3.8) is 0 Å². The molecule has 5 nitrogen and oxygen atoms in total. The molecule has 1 amide bonds. The minimum Gasteiger partial charge on any atom is -0.385 e. The summed E-state index contributed by atoms with van der Waals surface area (Å²) in [5.74, 6) is 0.0476. The van der Waals surface area contributed by atoms with Gasteiger partial charge in [0, 0.05) is 39.0 Å². The number of nitrogens with zero attached hydrogens (tertiary/aromatic N) is 3. The number of hydrogen-bond acceptors (Lipinski definition) is 3. The van der Waals surface area contributed by atoms with Gasteiger partial charge in [-0.15, -0.1) is 0 Å². The molecule has 2 rings (SSSR count). The van der Waals surface area contributed by atoms with Crippen LogP contribution in [-0.4, -0.2) is 40.8 Å². The Balaban J connectivity index is 2.26. The lowest BCUT2D eigenvalue weighted by atomic mass is 10.1. The summed E-state index contributed by atoms with van der Waals surface area (Å²) in [6.45, 7) is 10.6. The second kappa shape index (κ2) is 8.81. The highest BCUT2D eigenvalue weighted by molar-refractivity contribution is 5.96. The first-order chi connectivity index (χ1) is 12.0. The van der Waals surface area contributed by atoms with Crippen molar-refractivity contribution in [3.05, 3.63) is 52.3 Å². The van der Waals surface area contributed by atoms with Gasteiger partial charge in [-0.25, -0.2) is 0 Å². The lowest BCUT2D eigenvalue weighted by molar-refractivity contribution is 0.0722. The van der Waals surface area contributed by atoms with Gasteiger partial charge in [0.15, 0.2) is 0 Å². The summed E-state index contributed by atoms with van der Waals surface area (Å²) in [5.41, 5.74) is 4.81. The quantitative estimate of drug-likeness (QED) is 0.689. The van der Waals surface area contributed by atoms with Gasteiger partial charge in [-0.2, -0.15) is 5.10 Å². The molecule has 5 heteroatoms. The molecule has 1 aromatic carbocycles. The molecule has 136 valence electrons. The van der Waals surface area contributed by atoms with E-state index in [1.165, 1.54) is 5.56 Å². The third-order valence-corrected chi connectivity index (χ3v) is 4.45. The molecule has 1 aromatic heterocycles. The Morgan fingerprint density at radius 1 is 1.20 bits per heavy atom. The molecule has 0 saturated heterocycles. The van der Waals surface area contributed by atoms with Crippen LogP contribution in [0, 0.1) is 20.8 Å². The van der Waals surface area contributed by atoms with Crippen molar-refractivity contribution >= 4 is 5.91 Å². The highest BCUT2D eigenvalue weighted by Crippen LogP contribution is 2.18. The number of methoxy groups -OCH3 is 1. The maximum atomic E-state index is 13.2. The first-order valence-electron chi connectivity index (χ1n) is 8.85. The van der Waals surface area contributed by atoms with E-state index >= 15 is 0 Å². The number of hydrogen-bond donors (Lipinski definition) is 0. The van der Waals surface area contributed by atoms with E-state index in [-0.39, 0.29) is 5.91 Å². The van der Waals surface area contributed by atoms with Gasteiger partial charge in [0.1, 0.15) is 0 Å². The van der Waals surface area contributed by atoms with Gasteiger partial charge in [-0.05, 0) is 39.7 Å². The van der Waals surface area contributed by atoms with Crippen LogP contribution in [0.3, 0.4) is 0 Å². The SMILES string of the molecule is CCn1nc(C)c(C(=O)N(CCCOC)Cc2ccc(C)cc2)c1C. The number of aromatic nitrogens is 2. The predicted molar refractivity (Wildman–Crippen MR) is 99.8 cm³/mol. The van der Waals surface area contributed by atoms with E-state index in [4.69, 9.17) is 4.74 Å². The van der Waals surface area contributed by atoms with Crippen LogP contribution < -0.4 is 0 Å². The van der Waals surface area contributed by atoms with Crippen molar-refractivity contribution in [2.75, 3.05) is 20.3 Å². The summed E-state index contributed by atoms with van der Waals surface area (Å²) < 4.78 is 7.05. The molecule has 0 fully saturated rings. The van der Waals surface area contributed by atoms with Crippen molar-refractivity contribution in [2.24, 2.45) is 0 Å². The Hall–Kier alpha value is -2.14. The first kappa shape index (κ1) is 19.2. The second-order valence-electron chi connectivity index (χ2n) is 6.42.